The van der Waals surface area contributed by atoms with Gasteiger partial charge in [0.05, 0.1) is 18.1 Å². The van der Waals surface area contributed by atoms with E-state index in [1.807, 2.05) is 0 Å². The minimum atomic E-state index is -3.60. The first-order valence-electron chi connectivity index (χ1n) is 5.86. The second-order valence-corrected chi connectivity index (χ2v) is 6.22. The lowest BCUT2D eigenvalue weighted by molar-refractivity contribution is 0.0272. The van der Waals surface area contributed by atoms with Crippen molar-refractivity contribution in [2.24, 2.45) is 5.73 Å². The third kappa shape index (κ3) is 3.65. The van der Waals surface area contributed by atoms with Crippen LogP contribution in [0.3, 0.4) is 0 Å². The number of halogens is 1. The molecule has 1 heterocycles. The van der Waals surface area contributed by atoms with Gasteiger partial charge in [0.1, 0.15) is 0 Å². The predicted molar refractivity (Wildman–Crippen MR) is 72.1 cm³/mol. The highest BCUT2D eigenvalue weighted by atomic mass is 35.5. The molecule has 1 aromatic rings. The smallest absolute Gasteiger partial charge is 0.253 e. The van der Waals surface area contributed by atoms with Crippen LogP contribution in [0.4, 0.5) is 0 Å². The number of nitrogens with one attached hydrogen (secondary N) is 1. The van der Waals surface area contributed by atoms with Crippen LogP contribution in [0.5, 0.6) is 0 Å². The maximum absolute atomic E-state index is 12.2. The molecule has 0 unspecified atom stereocenters. The molecule has 0 amide bonds. The average Bonchev–Trinajstić information content (AvgIpc) is 2.39. The van der Waals surface area contributed by atoms with Gasteiger partial charge in [0.2, 0.25) is 0 Å². The summed E-state index contributed by atoms with van der Waals surface area (Å²) in [5, 5.41) is 2.09. The van der Waals surface area contributed by atoms with Crippen molar-refractivity contribution in [3.8, 4) is 0 Å². The van der Waals surface area contributed by atoms with Crippen LogP contribution in [0.15, 0.2) is 23.1 Å². The SMILES string of the molecule is NCc1cc(S(=O)(=O)NN2CCOCC2)ccc1Cl. The molecule has 0 aromatic heterocycles. The molecular formula is C11H16ClN3O3S. The Hall–Kier alpha value is -0.700. The van der Waals surface area contributed by atoms with E-state index >= 15 is 0 Å². The Labute approximate surface area is 117 Å². The quantitative estimate of drug-likeness (QED) is 0.837. The van der Waals surface area contributed by atoms with Crippen molar-refractivity contribution in [3.05, 3.63) is 28.8 Å². The van der Waals surface area contributed by atoms with Gasteiger partial charge in [0, 0.05) is 24.7 Å². The maximum atomic E-state index is 12.2. The van der Waals surface area contributed by atoms with E-state index < -0.39 is 10.0 Å². The molecule has 106 valence electrons. The fraction of sp³-hybridized carbons (Fsp3) is 0.455. The molecule has 1 fully saturated rings. The van der Waals surface area contributed by atoms with Crippen molar-refractivity contribution < 1.29 is 13.2 Å². The fourth-order valence-corrected chi connectivity index (χ4v) is 3.12. The summed E-state index contributed by atoms with van der Waals surface area (Å²) in [7, 11) is -3.60. The molecule has 8 heteroatoms. The fourth-order valence-electron chi connectivity index (χ4n) is 1.75. The normalized spacial score (nSPS) is 17.6. The van der Waals surface area contributed by atoms with Gasteiger partial charge in [-0.25, -0.2) is 13.4 Å². The second-order valence-electron chi connectivity index (χ2n) is 4.15. The maximum Gasteiger partial charge on any atom is 0.253 e. The topological polar surface area (TPSA) is 84.7 Å². The lowest BCUT2D eigenvalue weighted by Gasteiger charge is -2.26. The molecular weight excluding hydrogens is 290 g/mol. The zero-order valence-electron chi connectivity index (χ0n) is 10.3. The van der Waals surface area contributed by atoms with Gasteiger partial charge in [0.15, 0.2) is 0 Å². The van der Waals surface area contributed by atoms with Gasteiger partial charge in [-0.2, -0.15) is 0 Å². The molecule has 0 bridgehead atoms. The average molecular weight is 306 g/mol. The monoisotopic (exact) mass is 305 g/mol. The van der Waals surface area contributed by atoms with Gasteiger partial charge in [-0.3, -0.25) is 0 Å². The summed E-state index contributed by atoms with van der Waals surface area (Å²) in [5.41, 5.74) is 6.12. The molecule has 6 nitrogen and oxygen atoms in total. The summed E-state index contributed by atoms with van der Waals surface area (Å²) in [6, 6.07) is 4.49. The van der Waals surface area contributed by atoms with Gasteiger partial charge in [0.25, 0.3) is 10.0 Å². The van der Waals surface area contributed by atoms with Crippen LogP contribution >= 0.6 is 11.6 Å². The van der Waals surface area contributed by atoms with Crippen molar-refractivity contribution in [2.45, 2.75) is 11.4 Å². The second kappa shape index (κ2) is 6.17. The third-order valence-electron chi connectivity index (χ3n) is 2.81. The van der Waals surface area contributed by atoms with Crippen LogP contribution in [-0.4, -0.2) is 39.7 Å². The molecule has 0 aliphatic carbocycles. The Morgan fingerprint density at radius 2 is 2.05 bits per heavy atom. The number of ether oxygens (including phenoxy) is 1. The van der Waals surface area contributed by atoms with Crippen molar-refractivity contribution >= 4 is 21.6 Å². The van der Waals surface area contributed by atoms with E-state index in [0.29, 0.717) is 36.9 Å². The number of rotatable bonds is 4. The lowest BCUT2D eigenvalue weighted by Crippen LogP contribution is -2.48. The van der Waals surface area contributed by atoms with Crippen molar-refractivity contribution in [3.63, 3.8) is 0 Å². The van der Waals surface area contributed by atoms with E-state index in [4.69, 9.17) is 22.1 Å². The number of nitrogens with zero attached hydrogens (tertiary/aromatic N) is 1. The minimum absolute atomic E-state index is 0.156. The van der Waals surface area contributed by atoms with E-state index in [1.165, 1.54) is 18.2 Å². The number of benzene rings is 1. The molecule has 0 saturated carbocycles. The van der Waals surface area contributed by atoms with E-state index in [9.17, 15) is 8.42 Å². The van der Waals surface area contributed by atoms with Crippen molar-refractivity contribution in [1.82, 2.24) is 9.84 Å². The van der Waals surface area contributed by atoms with E-state index in [1.54, 1.807) is 5.01 Å². The number of morpholine rings is 1. The Balaban J connectivity index is 2.18. The Bertz CT molecular complexity index is 544. The van der Waals surface area contributed by atoms with Crippen LogP contribution in [0.25, 0.3) is 0 Å². The molecule has 0 atom stereocenters. The van der Waals surface area contributed by atoms with Gasteiger partial charge < -0.3 is 10.5 Å². The van der Waals surface area contributed by atoms with Gasteiger partial charge in [-0.15, -0.1) is 4.83 Å². The molecule has 1 aromatic carbocycles. The number of hydrogen-bond acceptors (Lipinski definition) is 5. The third-order valence-corrected chi connectivity index (χ3v) is 4.55. The standard InChI is InChI=1S/C11H16ClN3O3S/c12-11-2-1-10(7-9(11)8-13)19(16,17)14-15-3-5-18-6-4-15/h1-2,7,14H,3-6,8,13H2. The Morgan fingerprint density at radius 3 is 2.68 bits per heavy atom. The molecule has 1 aliphatic heterocycles. The van der Waals surface area contributed by atoms with Crippen molar-refractivity contribution in [1.29, 1.82) is 0 Å². The number of sulfonamides is 1. The van der Waals surface area contributed by atoms with E-state index in [0.717, 1.165) is 0 Å². The van der Waals surface area contributed by atoms with Crippen LogP contribution in [-0.2, 0) is 21.3 Å². The summed E-state index contributed by atoms with van der Waals surface area (Å²) < 4.78 is 29.6. The predicted octanol–water partition coefficient (Wildman–Crippen LogP) is 0.324. The summed E-state index contributed by atoms with van der Waals surface area (Å²) in [5.74, 6) is 0. The summed E-state index contributed by atoms with van der Waals surface area (Å²) >= 11 is 5.92. The molecule has 1 aliphatic rings. The first-order valence-corrected chi connectivity index (χ1v) is 7.72. The summed E-state index contributed by atoms with van der Waals surface area (Å²) in [6.45, 7) is 2.27. The zero-order chi connectivity index (χ0) is 13.9. The van der Waals surface area contributed by atoms with Crippen LogP contribution in [0.1, 0.15) is 5.56 Å². The Morgan fingerprint density at radius 1 is 1.37 bits per heavy atom. The minimum Gasteiger partial charge on any atom is -0.379 e. The van der Waals surface area contributed by atoms with Crippen molar-refractivity contribution in [2.75, 3.05) is 26.3 Å². The van der Waals surface area contributed by atoms with Gasteiger partial charge in [-0.05, 0) is 23.8 Å². The zero-order valence-corrected chi connectivity index (χ0v) is 11.9. The highest BCUT2D eigenvalue weighted by Crippen LogP contribution is 2.20. The van der Waals surface area contributed by atoms with Crippen LogP contribution in [0, 0.1) is 0 Å². The molecule has 2 rings (SSSR count). The van der Waals surface area contributed by atoms with E-state index in [-0.39, 0.29) is 11.4 Å². The first-order chi connectivity index (χ1) is 9.03. The highest BCUT2D eigenvalue weighted by Gasteiger charge is 2.20. The van der Waals surface area contributed by atoms with Crippen LogP contribution < -0.4 is 10.6 Å². The molecule has 19 heavy (non-hydrogen) atoms. The number of hydrazine groups is 1. The molecule has 0 spiro atoms. The largest absolute Gasteiger partial charge is 0.379 e. The van der Waals surface area contributed by atoms with Gasteiger partial charge in [-0.1, -0.05) is 11.6 Å². The molecule has 1 saturated heterocycles. The summed E-state index contributed by atoms with van der Waals surface area (Å²) in [6.07, 6.45) is 0. The van der Waals surface area contributed by atoms with Crippen LogP contribution in [0.2, 0.25) is 5.02 Å². The van der Waals surface area contributed by atoms with Gasteiger partial charge >= 0.3 is 0 Å². The molecule has 0 radical (unpaired) electrons. The summed E-state index contributed by atoms with van der Waals surface area (Å²) in [4.78, 5) is 2.68. The van der Waals surface area contributed by atoms with E-state index in [2.05, 4.69) is 4.83 Å². The molecule has 3 N–H and O–H groups in total. The lowest BCUT2D eigenvalue weighted by atomic mass is 10.2. The number of nitrogens with two attached hydrogens (primary N) is 1. The first kappa shape index (κ1) is 14.7. The highest BCUT2D eigenvalue weighted by molar-refractivity contribution is 7.89. The Kier molecular flexibility index (Phi) is 4.77. The number of hydrogen-bond donors (Lipinski definition) is 2.